The quantitative estimate of drug-likeness (QED) is 0.884. The number of fused-ring (bicyclic) bond motifs is 1. The van der Waals surface area contributed by atoms with Crippen molar-refractivity contribution in [2.75, 3.05) is 6.61 Å². The van der Waals surface area contributed by atoms with Crippen LogP contribution >= 0.6 is 0 Å². The number of nitrogens with zero attached hydrogens (tertiary/aromatic N) is 3. The van der Waals surface area contributed by atoms with Crippen LogP contribution in [0.15, 0.2) is 10.9 Å². The first kappa shape index (κ1) is 14.0. The maximum absolute atomic E-state index is 12.0. The topological polar surface area (TPSA) is 88.9 Å². The van der Waals surface area contributed by atoms with Crippen molar-refractivity contribution in [1.82, 2.24) is 25.4 Å². The zero-order chi connectivity index (χ0) is 14.9. The standard InChI is InChI=1S/C11H12F3N5O2/c12-11(13,14)4-20-3-9-18-10(21-19-9)7-1-6-8(2-15-7)17-5-16-6/h5,7,15H,1-4H2,(H,16,17). The van der Waals surface area contributed by atoms with Crippen LogP contribution in [0.1, 0.15) is 29.1 Å². The molecule has 0 amide bonds. The monoisotopic (exact) mass is 303 g/mol. The number of halogens is 3. The van der Waals surface area contributed by atoms with Crippen molar-refractivity contribution in [2.45, 2.75) is 31.8 Å². The Kier molecular flexibility index (Phi) is 3.64. The van der Waals surface area contributed by atoms with Gasteiger partial charge in [0.2, 0.25) is 5.89 Å². The van der Waals surface area contributed by atoms with Gasteiger partial charge in [0.25, 0.3) is 0 Å². The summed E-state index contributed by atoms with van der Waals surface area (Å²) >= 11 is 0. The van der Waals surface area contributed by atoms with Crippen molar-refractivity contribution >= 4 is 0 Å². The number of aromatic nitrogens is 4. The highest BCUT2D eigenvalue weighted by Gasteiger charge is 2.28. The van der Waals surface area contributed by atoms with Gasteiger partial charge in [-0.15, -0.1) is 0 Å². The molecule has 2 aromatic heterocycles. The third kappa shape index (κ3) is 3.39. The van der Waals surface area contributed by atoms with Crippen LogP contribution in [-0.2, 0) is 24.3 Å². The third-order valence-corrected chi connectivity index (χ3v) is 3.01. The second-order valence-corrected chi connectivity index (χ2v) is 4.62. The van der Waals surface area contributed by atoms with Crippen molar-refractivity contribution in [3.8, 4) is 0 Å². The van der Waals surface area contributed by atoms with E-state index >= 15 is 0 Å². The summed E-state index contributed by atoms with van der Waals surface area (Å²) in [5, 5.41) is 6.79. The molecule has 1 aliphatic rings. The van der Waals surface area contributed by atoms with Crippen LogP contribution in [0.5, 0.6) is 0 Å². The van der Waals surface area contributed by atoms with E-state index < -0.39 is 12.8 Å². The molecule has 0 fully saturated rings. The zero-order valence-electron chi connectivity index (χ0n) is 10.8. The molecule has 2 N–H and O–H groups in total. The van der Waals surface area contributed by atoms with E-state index in [1.54, 1.807) is 6.33 Å². The Morgan fingerprint density at radius 1 is 1.43 bits per heavy atom. The van der Waals surface area contributed by atoms with Crippen LogP contribution in [0.2, 0.25) is 0 Å². The molecular formula is C11H12F3N5O2. The molecule has 3 heterocycles. The van der Waals surface area contributed by atoms with Crippen LogP contribution in [0.3, 0.4) is 0 Å². The summed E-state index contributed by atoms with van der Waals surface area (Å²) in [4.78, 5) is 11.2. The van der Waals surface area contributed by atoms with Gasteiger partial charge in [-0.2, -0.15) is 18.2 Å². The molecule has 0 aliphatic carbocycles. The summed E-state index contributed by atoms with van der Waals surface area (Å²) < 4.78 is 45.4. The molecule has 7 nitrogen and oxygen atoms in total. The van der Waals surface area contributed by atoms with Gasteiger partial charge < -0.3 is 14.2 Å². The van der Waals surface area contributed by atoms with E-state index in [2.05, 4.69) is 30.2 Å². The minimum atomic E-state index is -4.37. The fraction of sp³-hybridized carbons (Fsp3) is 0.545. The van der Waals surface area contributed by atoms with Crippen molar-refractivity contribution < 1.29 is 22.4 Å². The number of imidazole rings is 1. The van der Waals surface area contributed by atoms with Gasteiger partial charge in [0.05, 0.1) is 23.8 Å². The number of nitrogens with one attached hydrogen (secondary N) is 2. The van der Waals surface area contributed by atoms with Crippen LogP contribution in [0.4, 0.5) is 13.2 Å². The number of hydrogen-bond donors (Lipinski definition) is 2. The lowest BCUT2D eigenvalue weighted by molar-refractivity contribution is -0.177. The average Bonchev–Trinajstić information content (AvgIpc) is 3.04. The molecule has 0 saturated carbocycles. The molecule has 2 aromatic rings. The lowest BCUT2D eigenvalue weighted by Gasteiger charge is -2.19. The Hall–Kier alpha value is -1.94. The molecular weight excluding hydrogens is 291 g/mol. The largest absolute Gasteiger partial charge is 0.411 e. The van der Waals surface area contributed by atoms with Crippen molar-refractivity contribution in [1.29, 1.82) is 0 Å². The first-order valence-corrected chi connectivity index (χ1v) is 6.23. The summed E-state index contributed by atoms with van der Waals surface area (Å²) in [7, 11) is 0. The lowest BCUT2D eigenvalue weighted by Crippen LogP contribution is -2.28. The summed E-state index contributed by atoms with van der Waals surface area (Å²) in [5.41, 5.74) is 1.91. The Bertz CT molecular complexity index is 609. The second kappa shape index (κ2) is 5.45. The molecule has 0 radical (unpaired) electrons. The highest BCUT2D eigenvalue weighted by Crippen LogP contribution is 2.22. The number of H-pyrrole nitrogens is 1. The van der Waals surface area contributed by atoms with E-state index in [-0.39, 0.29) is 18.5 Å². The molecule has 1 aliphatic heterocycles. The van der Waals surface area contributed by atoms with E-state index in [0.717, 1.165) is 11.4 Å². The smallest absolute Gasteiger partial charge is 0.364 e. The number of rotatable bonds is 4. The average molecular weight is 303 g/mol. The van der Waals surface area contributed by atoms with Crippen LogP contribution in [0, 0.1) is 0 Å². The van der Waals surface area contributed by atoms with E-state index in [1.807, 2.05) is 0 Å². The normalized spacial score (nSPS) is 18.7. The van der Waals surface area contributed by atoms with E-state index in [1.165, 1.54) is 0 Å². The van der Waals surface area contributed by atoms with Crippen LogP contribution in [-0.4, -0.2) is 32.9 Å². The van der Waals surface area contributed by atoms with Gasteiger partial charge in [0, 0.05) is 13.0 Å². The third-order valence-electron chi connectivity index (χ3n) is 3.01. The molecule has 10 heteroatoms. The van der Waals surface area contributed by atoms with E-state index in [0.29, 0.717) is 18.9 Å². The minimum Gasteiger partial charge on any atom is -0.364 e. The number of alkyl halides is 3. The molecule has 3 rings (SSSR count). The van der Waals surface area contributed by atoms with Gasteiger partial charge in [-0.1, -0.05) is 5.16 Å². The Labute approximate surface area is 116 Å². The summed E-state index contributed by atoms with van der Waals surface area (Å²) in [5.74, 6) is 0.401. The van der Waals surface area contributed by atoms with Gasteiger partial charge in [-0.25, -0.2) is 4.98 Å². The van der Waals surface area contributed by atoms with Gasteiger partial charge in [0.15, 0.2) is 5.82 Å². The molecule has 0 aromatic carbocycles. The maximum Gasteiger partial charge on any atom is 0.411 e. The molecule has 0 bridgehead atoms. The zero-order valence-corrected chi connectivity index (χ0v) is 10.8. The number of aromatic amines is 1. The Balaban J connectivity index is 1.58. The summed E-state index contributed by atoms with van der Waals surface area (Å²) in [6.45, 7) is -1.10. The summed E-state index contributed by atoms with van der Waals surface area (Å²) in [6.07, 6.45) is -2.18. The lowest BCUT2D eigenvalue weighted by atomic mass is 10.1. The molecule has 1 unspecified atom stereocenters. The first-order chi connectivity index (χ1) is 10.0. The highest BCUT2D eigenvalue weighted by molar-refractivity contribution is 5.17. The Morgan fingerprint density at radius 3 is 3.10 bits per heavy atom. The molecule has 1 atom stereocenters. The van der Waals surface area contributed by atoms with E-state index in [4.69, 9.17) is 4.52 Å². The van der Waals surface area contributed by atoms with Gasteiger partial charge in [-0.05, 0) is 0 Å². The van der Waals surface area contributed by atoms with Gasteiger partial charge in [-0.3, -0.25) is 5.32 Å². The maximum atomic E-state index is 12.0. The number of hydrogen-bond acceptors (Lipinski definition) is 6. The predicted octanol–water partition coefficient (Wildman–Crippen LogP) is 1.26. The molecule has 114 valence electrons. The fourth-order valence-electron chi connectivity index (χ4n) is 2.07. The first-order valence-electron chi connectivity index (χ1n) is 6.23. The summed E-state index contributed by atoms with van der Waals surface area (Å²) in [6, 6.07) is -0.204. The van der Waals surface area contributed by atoms with Crippen LogP contribution in [0.25, 0.3) is 0 Å². The molecule has 0 saturated heterocycles. The Morgan fingerprint density at radius 2 is 2.29 bits per heavy atom. The van der Waals surface area contributed by atoms with Gasteiger partial charge >= 0.3 is 6.18 Å². The van der Waals surface area contributed by atoms with Gasteiger partial charge in [0.1, 0.15) is 13.2 Å². The second-order valence-electron chi connectivity index (χ2n) is 4.62. The van der Waals surface area contributed by atoms with Crippen molar-refractivity contribution in [3.63, 3.8) is 0 Å². The molecule has 0 spiro atoms. The number of ether oxygens (including phenoxy) is 1. The van der Waals surface area contributed by atoms with Crippen LogP contribution < -0.4 is 5.32 Å². The SMILES string of the molecule is FC(F)(F)COCc1noc(C2Cc3nc[nH]c3CN2)n1. The minimum absolute atomic E-state index is 0.0869. The fourth-order valence-corrected chi connectivity index (χ4v) is 2.07. The van der Waals surface area contributed by atoms with Crippen molar-refractivity contribution in [2.24, 2.45) is 0 Å². The molecule has 21 heavy (non-hydrogen) atoms. The highest BCUT2D eigenvalue weighted by atomic mass is 19.4. The van der Waals surface area contributed by atoms with E-state index in [9.17, 15) is 13.2 Å². The predicted molar refractivity (Wildman–Crippen MR) is 61.9 cm³/mol. The van der Waals surface area contributed by atoms with Crippen molar-refractivity contribution in [3.05, 3.63) is 29.4 Å².